The summed E-state index contributed by atoms with van der Waals surface area (Å²) in [7, 11) is 3.05. The van der Waals surface area contributed by atoms with E-state index in [0.717, 1.165) is 37.3 Å². The van der Waals surface area contributed by atoms with Crippen LogP contribution < -0.4 is 14.4 Å². The zero-order chi connectivity index (χ0) is 23.5. The number of hydrogen-bond donors (Lipinski definition) is 0. The van der Waals surface area contributed by atoms with Crippen LogP contribution in [0.4, 0.5) is 10.8 Å². The van der Waals surface area contributed by atoms with Gasteiger partial charge in [-0.1, -0.05) is 34.5 Å². The number of benzene rings is 2. The molecule has 172 valence electrons. The number of carbonyl (C=O) groups is 2. The second-order valence-electron chi connectivity index (χ2n) is 7.31. The van der Waals surface area contributed by atoms with Crippen LogP contribution in [0.2, 0.25) is 10.0 Å². The maximum Gasteiger partial charge on any atom is 0.266 e. The average molecular weight is 506 g/mol. The van der Waals surface area contributed by atoms with Crippen LogP contribution in [0.3, 0.4) is 0 Å². The van der Waals surface area contributed by atoms with Gasteiger partial charge in [0.2, 0.25) is 0 Å². The first-order valence-electron chi connectivity index (χ1n) is 10.2. The highest BCUT2D eigenvalue weighted by Gasteiger charge is 2.28. The predicted molar refractivity (Wildman–Crippen MR) is 130 cm³/mol. The fourth-order valence-corrected chi connectivity index (χ4v) is 5.00. The lowest BCUT2D eigenvalue weighted by atomic mass is 10.1. The van der Waals surface area contributed by atoms with Gasteiger partial charge in [0.25, 0.3) is 11.8 Å². The lowest BCUT2D eigenvalue weighted by Gasteiger charge is -2.22. The summed E-state index contributed by atoms with van der Waals surface area (Å²) >= 11 is 13.5. The zero-order valence-corrected chi connectivity index (χ0v) is 20.3. The molecule has 2 amide bonds. The fourth-order valence-electron chi connectivity index (χ4n) is 3.61. The fraction of sp³-hybridized carbons (Fsp3) is 0.261. The molecule has 0 unspecified atom stereocenters. The molecule has 0 saturated carbocycles. The maximum absolute atomic E-state index is 13.7. The van der Waals surface area contributed by atoms with Crippen LogP contribution in [0, 0.1) is 0 Å². The Bertz CT molecular complexity index is 1190. The van der Waals surface area contributed by atoms with Crippen molar-refractivity contribution < 1.29 is 19.1 Å². The van der Waals surface area contributed by atoms with Crippen molar-refractivity contribution in [1.82, 2.24) is 9.88 Å². The monoisotopic (exact) mass is 505 g/mol. The molecule has 1 saturated heterocycles. The van der Waals surface area contributed by atoms with Gasteiger partial charge in [0.1, 0.15) is 4.88 Å². The standard InChI is InChI=1S/C23H21Cl2N3O4S/c1-31-18-8-6-15(12-19(18)32-2)28(21(29)16-7-5-14(24)11-17(16)25)23-26-13-20(33-23)22(30)27-9-3-4-10-27/h5-8,11-13H,3-4,9-10H2,1-2H3. The van der Waals surface area contributed by atoms with E-state index in [1.54, 1.807) is 35.2 Å². The Morgan fingerprint density at radius 3 is 2.42 bits per heavy atom. The third kappa shape index (κ3) is 4.78. The normalized spacial score (nSPS) is 13.2. The van der Waals surface area contributed by atoms with Gasteiger partial charge in [-0.25, -0.2) is 4.98 Å². The zero-order valence-electron chi connectivity index (χ0n) is 18.0. The van der Waals surface area contributed by atoms with Crippen LogP contribution >= 0.6 is 34.5 Å². The summed E-state index contributed by atoms with van der Waals surface area (Å²) in [4.78, 5) is 34.6. The van der Waals surface area contributed by atoms with Crippen molar-refractivity contribution in [1.29, 1.82) is 0 Å². The van der Waals surface area contributed by atoms with Crippen LogP contribution in [0.5, 0.6) is 11.5 Å². The summed E-state index contributed by atoms with van der Waals surface area (Å²) in [6.45, 7) is 1.45. The van der Waals surface area contributed by atoms with Crippen LogP contribution in [0.1, 0.15) is 32.9 Å². The molecule has 1 fully saturated rings. The Balaban J connectivity index is 1.78. The number of ether oxygens (including phenoxy) is 2. The second kappa shape index (κ2) is 9.99. The number of thiazole rings is 1. The molecule has 2 heterocycles. The third-order valence-corrected chi connectivity index (χ3v) is 6.80. The SMILES string of the molecule is COc1ccc(N(C(=O)c2ccc(Cl)cc2Cl)c2ncc(C(=O)N3CCCC3)s2)cc1OC. The van der Waals surface area contributed by atoms with E-state index >= 15 is 0 Å². The molecular formula is C23H21Cl2N3O4S. The summed E-state index contributed by atoms with van der Waals surface area (Å²) in [5.74, 6) is 0.459. The van der Waals surface area contributed by atoms with Crippen molar-refractivity contribution in [2.45, 2.75) is 12.8 Å². The number of carbonyl (C=O) groups excluding carboxylic acids is 2. The van der Waals surface area contributed by atoms with Crippen molar-refractivity contribution in [3.05, 3.63) is 63.1 Å². The third-order valence-electron chi connectivity index (χ3n) is 5.28. The lowest BCUT2D eigenvalue weighted by Crippen LogP contribution is -2.27. The number of hydrogen-bond acceptors (Lipinski definition) is 6. The Morgan fingerprint density at radius 2 is 1.76 bits per heavy atom. The van der Waals surface area contributed by atoms with E-state index in [-0.39, 0.29) is 16.5 Å². The number of rotatable bonds is 6. The molecule has 1 aliphatic heterocycles. The molecule has 0 N–H and O–H groups in total. The first-order chi connectivity index (χ1) is 15.9. The quantitative estimate of drug-likeness (QED) is 0.430. The van der Waals surface area contributed by atoms with Gasteiger partial charge in [-0.15, -0.1) is 0 Å². The molecule has 7 nitrogen and oxygen atoms in total. The minimum Gasteiger partial charge on any atom is -0.493 e. The number of aromatic nitrogens is 1. The van der Waals surface area contributed by atoms with Gasteiger partial charge >= 0.3 is 0 Å². The summed E-state index contributed by atoms with van der Waals surface area (Å²) in [6.07, 6.45) is 3.48. The second-order valence-corrected chi connectivity index (χ2v) is 9.16. The van der Waals surface area contributed by atoms with Crippen LogP contribution in [-0.2, 0) is 0 Å². The molecular weight excluding hydrogens is 485 g/mol. The number of halogens is 2. The Labute approximate surface area is 205 Å². The molecule has 2 aromatic carbocycles. The van der Waals surface area contributed by atoms with Crippen molar-refractivity contribution >= 4 is 57.2 Å². The number of amides is 2. The minimum absolute atomic E-state index is 0.0829. The summed E-state index contributed by atoms with van der Waals surface area (Å²) in [6, 6.07) is 9.74. The topological polar surface area (TPSA) is 72.0 Å². The molecule has 4 rings (SSSR count). The average Bonchev–Trinajstić information content (AvgIpc) is 3.51. The summed E-state index contributed by atoms with van der Waals surface area (Å²) < 4.78 is 10.7. The first-order valence-corrected chi connectivity index (χ1v) is 11.8. The summed E-state index contributed by atoms with van der Waals surface area (Å²) in [5.41, 5.74) is 0.733. The predicted octanol–water partition coefficient (Wildman–Crippen LogP) is 5.68. The maximum atomic E-state index is 13.7. The molecule has 1 aromatic heterocycles. The van der Waals surface area contributed by atoms with Crippen molar-refractivity contribution in [2.24, 2.45) is 0 Å². The largest absolute Gasteiger partial charge is 0.493 e. The van der Waals surface area contributed by atoms with Crippen LogP contribution in [0.25, 0.3) is 0 Å². The highest BCUT2D eigenvalue weighted by molar-refractivity contribution is 7.17. The Hall–Kier alpha value is -2.81. The van der Waals surface area contributed by atoms with E-state index in [4.69, 9.17) is 32.7 Å². The van der Waals surface area contributed by atoms with Gasteiger partial charge in [0.15, 0.2) is 16.6 Å². The molecule has 0 radical (unpaired) electrons. The molecule has 0 aliphatic carbocycles. The molecule has 0 bridgehead atoms. The highest BCUT2D eigenvalue weighted by Crippen LogP contribution is 2.38. The molecule has 0 spiro atoms. The van der Waals surface area contributed by atoms with E-state index in [1.807, 2.05) is 0 Å². The van der Waals surface area contributed by atoms with E-state index in [9.17, 15) is 9.59 Å². The molecule has 0 atom stereocenters. The van der Waals surface area contributed by atoms with E-state index < -0.39 is 5.91 Å². The van der Waals surface area contributed by atoms with Gasteiger partial charge in [0, 0.05) is 24.2 Å². The Kier molecular flexibility index (Phi) is 7.07. The molecule has 10 heteroatoms. The van der Waals surface area contributed by atoms with Gasteiger partial charge < -0.3 is 14.4 Å². The van der Waals surface area contributed by atoms with E-state index in [2.05, 4.69) is 4.98 Å². The molecule has 33 heavy (non-hydrogen) atoms. The number of methoxy groups -OCH3 is 2. The smallest absolute Gasteiger partial charge is 0.266 e. The number of nitrogens with zero attached hydrogens (tertiary/aromatic N) is 3. The van der Waals surface area contributed by atoms with Crippen molar-refractivity contribution in [3.8, 4) is 11.5 Å². The minimum atomic E-state index is -0.418. The Morgan fingerprint density at radius 1 is 1.03 bits per heavy atom. The van der Waals surface area contributed by atoms with Crippen LogP contribution in [0.15, 0.2) is 42.6 Å². The highest BCUT2D eigenvalue weighted by atomic mass is 35.5. The van der Waals surface area contributed by atoms with Crippen LogP contribution in [-0.4, -0.2) is 49.0 Å². The van der Waals surface area contributed by atoms with E-state index in [1.165, 1.54) is 31.4 Å². The molecule has 3 aromatic rings. The number of likely N-dealkylation sites (tertiary alicyclic amines) is 1. The van der Waals surface area contributed by atoms with Crippen molar-refractivity contribution in [2.75, 3.05) is 32.2 Å². The van der Waals surface area contributed by atoms with E-state index in [0.29, 0.717) is 32.2 Å². The van der Waals surface area contributed by atoms with Gasteiger partial charge in [-0.05, 0) is 43.2 Å². The van der Waals surface area contributed by atoms with Gasteiger partial charge in [-0.3, -0.25) is 14.5 Å². The number of anilines is 2. The molecule has 1 aliphatic rings. The van der Waals surface area contributed by atoms with Gasteiger partial charge in [-0.2, -0.15) is 0 Å². The summed E-state index contributed by atoms with van der Waals surface area (Å²) in [5, 5.41) is 0.964. The lowest BCUT2D eigenvalue weighted by molar-refractivity contribution is 0.0797. The first kappa shape index (κ1) is 23.4. The van der Waals surface area contributed by atoms with Gasteiger partial charge in [0.05, 0.1) is 36.7 Å². The van der Waals surface area contributed by atoms with Crippen molar-refractivity contribution in [3.63, 3.8) is 0 Å².